The molecule has 0 aromatic carbocycles. The first-order valence-corrected chi connectivity index (χ1v) is 4.60. The maximum Gasteiger partial charge on any atom is 0.406 e. The first-order valence-electron chi connectivity index (χ1n) is 4.07. The van der Waals surface area contributed by atoms with Crippen molar-refractivity contribution >= 4 is 17.4 Å². The molecule has 0 bridgehead atoms. The molecular weight excluding hydrogens is 246 g/mol. The third kappa shape index (κ3) is 2.19. The second-order valence-corrected chi connectivity index (χ2v) is 3.01. The third-order valence-electron chi connectivity index (χ3n) is 1.88. The lowest BCUT2D eigenvalue weighted by atomic mass is 10.1. The fourth-order valence-corrected chi connectivity index (χ4v) is 1.42. The average Bonchev–Trinajstić information content (AvgIpc) is 2.26. The maximum atomic E-state index is 12.7. The van der Waals surface area contributed by atoms with Gasteiger partial charge in [0.1, 0.15) is 6.20 Å². The normalized spacial score (nSPS) is 10.6. The molecule has 0 atom stereocenters. The van der Waals surface area contributed by atoms with Crippen molar-refractivity contribution in [3.8, 4) is 5.75 Å². The van der Waals surface area contributed by atoms with Crippen LogP contribution in [0.2, 0.25) is 0 Å². The van der Waals surface area contributed by atoms with Gasteiger partial charge in [0.15, 0.2) is 0 Å². The summed E-state index contributed by atoms with van der Waals surface area (Å²) in [7, 11) is 1.06. The van der Waals surface area contributed by atoms with Gasteiger partial charge in [-0.25, -0.2) is 8.78 Å². The molecule has 8 heteroatoms. The van der Waals surface area contributed by atoms with E-state index in [4.69, 9.17) is 11.6 Å². The Morgan fingerprint density at radius 2 is 2.31 bits per heavy atom. The number of nitrogens with zero attached hydrogens (tertiary/aromatic N) is 2. The Morgan fingerprint density at radius 1 is 1.69 bits per heavy atom. The Labute approximate surface area is 94.1 Å². The lowest BCUT2D eigenvalue weighted by Crippen LogP contribution is -2.04. The summed E-state index contributed by atoms with van der Waals surface area (Å²) in [6.07, 6.45) is -1.96. The summed E-state index contributed by atoms with van der Waals surface area (Å²) < 4.78 is 30.0. The van der Waals surface area contributed by atoms with Gasteiger partial charge in [-0.2, -0.15) is 0 Å². The molecular formula is C8H7ClF2N2O3. The molecule has 0 aliphatic heterocycles. The fourth-order valence-electron chi connectivity index (χ4n) is 1.21. The van der Waals surface area contributed by atoms with Crippen molar-refractivity contribution in [2.45, 2.75) is 12.3 Å². The predicted molar refractivity (Wildman–Crippen MR) is 52.0 cm³/mol. The SMILES string of the molecule is COc1c([N+](=O)[O-])ncc(CCl)c1C(F)F. The van der Waals surface area contributed by atoms with Crippen molar-refractivity contribution in [1.82, 2.24) is 4.98 Å². The van der Waals surface area contributed by atoms with Gasteiger partial charge in [-0.1, -0.05) is 0 Å². The first-order chi connectivity index (χ1) is 7.52. The van der Waals surface area contributed by atoms with Gasteiger partial charge in [0.25, 0.3) is 6.43 Å². The highest BCUT2D eigenvalue weighted by Gasteiger charge is 2.28. The van der Waals surface area contributed by atoms with Crippen LogP contribution in [0.5, 0.6) is 5.75 Å². The lowest BCUT2D eigenvalue weighted by molar-refractivity contribution is -0.390. The molecule has 0 amide bonds. The number of alkyl halides is 3. The fraction of sp³-hybridized carbons (Fsp3) is 0.375. The molecule has 0 N–H and O–H groups in total. The zero-order valence-electron chi connectivity index (χ0n) is 8.11. The molecule has 0 radical (unpaired) electrons. The van der Waals surface area contributed by atoms with Crippen LogP contribution in [-0.4, -0.2) is 17.0 Å². The largest absolute Gasteiger partial charge is 0.489 e. The smallest absolute Gasteiger partial charge is 0.406 e. The second-order valence-electron chi connectivity index (χ2n) is 2.75. The molecule has 0 spiro atoms. The van der Waals surface area contributed by atoms with Crippen molar-refractivity contribution < 1.29 is 18.4 Å². The van der Waals surface area contributed by atoms with E-state index in [0.717, 1.165) is 13.3 Å². The minimum atomic E-state index is -2.91. The number of nitro groups is 1. The van der Waals surface area contributed by atoms with Gasteiger partial charge in [0.05, 0.1) is 18.6 Å². The van der Waals surface area contributed by atoms with Crippen LogP contribution in [0.3, 0.4) is 0 Å². The molecule has 88 valence electrons. The molecule has 1 aromatic rings. The number of methoxy groups -OCH3 is 1. The van der Waals surface area contributed by atoms with E-state index < -0.39 is 28.5 Å². The molecule has 1 aromatic heterocycles. The summed E-state index contributed by atoms with van der Waals surface area (Å²) in [6, 6.07) is 0. The first kappa shape index (κ1) is 12.6. The minimum Gasteiger partial charge on any atom is -0.489 e. The van der Waals surface area contributed by atoms with E-state index >= 15 is 0 Å². The molecule has 1 rings (SSSR count). The van der Waals surface area contributed by atoms with Gasteiger partial charge in [-0.05, 0) is 9.91 Å². The number of hydrogen-bond acceptors (Lipinski definition) is 4. The number of aromatic nitrogens is 1. The quantitative estimate of drug-likeness (QED) is 0.469. The number of halogens is 3. The van der Waals surface area contributed by atoms with E-state index in [0.29, 0.717) is 0 Å². The summed E-state index contributed by atoms with van der Waals surface area (Å²) in [5, 5.41) is 10.5. The summed E-state index contributed by atoms with van der Waals surface area (Å²) in [4.78, 5) is 13.1. The Bertz CT molecular complexity index is 415. The van der Waals surface area contributed by atoms with Crippen molar-refractivity contribution in [3.63, 3.8) is 0 Å². The molecule has 0 aliphatic carbocycles. The zero-order chi connectivity index (χ0) is 12.3. The van der Waals surface area contributed by atoms with Crippen LogP contribution in [0.1, 0.15) is 17.6 Å². The molecule has 0 saturated carbocycles. The third-order valence-corrected chi connectivity index (χ3v) is 2.16. The number of pyridine rings is 1. The summed E-state index contributed by atoms with van der Waals surface area (Å²) in [5.74, 6) is -1.51. The Morgan fingerprint density at radius 3 is 2.69 bits per heavy atom. The summed E-state index contributed by atoms with van der Waals surface area (Å²) in [6.45, 7) is 0. The number of rotatable bonds is 4. The van der Waals surface area contributed by atoms with E-state index in [1.54, 1.807) is 0 Å². The van der Waals surface area contributed by atoms with E-state index in [1.165, 1.54) is 0 Å². The van der Waals surface area contributed by atoms with E-state index in [9.17, 15) is 18.9 Å². The van der Waals surface area contributed by atoms with Crippen LogP contribution in [0.4, 0.5) is 14.6 Å². The van der Waals surface area contributed by atoms with Crippen LogP contribution in [-0.2, 0) is 5.88 Å². The van der Waals surface area contributed by atoms with Crippen molar-refractivity contribution in [2.24, 2.45) is 0 Å². The highest BCUT2D eigenvalue weighted by Crippen LogP contribution is 2.37. The van der Waals surface area contributed by atoms with Crippen LogP contribution in [0, 0.1) is 10.1 Å². The molecule has 5 nitrogen and oxygen atoms in total. The molecule has 0 unspecified atom stereocenters. The van der Waals surface area contributed by atoms with Crippen molar-refractivity contribution in [1.29, 1.82) is 0 Å². The van der Waals surface area contributed by atoms with E-state index in [-0.39, 0.29) is 11.4 Å². The molecule has 0 fully saturated rings. The monoisotopic (exact) mass is 252 g/mol. The van der Waals surface area contributed by atoms with Gasteiger partial charge in [-0.3, -0.25) is 0 Å². The summed E-state index contributed by atoms with van der Waals surface area (Å²) >= 11 is 5.44. The zero-order valence-corrected chi connectivity index (χ0v) is 8.87. The maximum absolute atomic E-state index is 12.7. The van der Waals surface area contributed by atoms with Crippen LogP contribution >= 0.6 is 11.6 Å². The highest BCUT2D eigenvalue weighted by atomic mass is 35.5. The lowest BCUT2D eigenvalue weighted by Gasteiger charge is -2.10. The minimum absolute atomic E-state index is 0.0131. The van der Waals surface area contributed by atoms with Crippen LogP contribution in [0.15, 0.2) is 6.20 Å². The van der Waals surface area contributed by atoms with E-state index in [1.807, 2.05) is 0 Å². The second kappa shape index (κ2) is 5.02. The van der Waals surface area contributed by atoms with Gasteiger partial charge in [-0.15, -0.1) is 11.6 Å². The van der Waals surface area contributed by atoms with Gasteiger partial charge < -0.3 is 14.9 Å². The molecule has 0 aliphatic rings. The Balaban J connectivity index is 3.49. The predicted octanol–water partition coefficient (Wildman–Crippen LogP) is 2.67. The molecule has 0 saturated heterocycles. The molecule has 16 heavy (non-hydrogen) atoms. The van der Waals surface area contributed by atoms with Crippen LogP contribution < -0.4 is 4.74 Å². The van der Waals surface area contributed by atoms with Crippen molar-refractivity contribution in [2.75, 3.05) is 7.11 Å². The summed E-state index contributed by atoms with van der Waals surface area (Å²) in [5.41, 5.74) is -0.571. The highest BCUT2D eigenvalue weighted by molar-refractivity contribution is 6.17. The van der Waals surface area contributed by atoms with Crippen LogP contribution in [0.25, 0.3) is 0 Å². The Hall–Kier alpha value is -1.50. The number of hydrogen-bond donors (Lipinski definition) is 0. The Kier molecular flexibility index (Phi) is 3.94. The van der Waals surface area contributed by atoms with Gasteiger partial charge in [0.2, 0.25) is 5.75 Å². The standard InChI is InChI=1S/C8H7ClF2N2O3/c1-16-6-5(7(10)11)4(2-9)3-12-8(6)13(14)15/h3,7H,2H2,1H3. The van der Waals surface area contributed by atoms with Gasteiger partial charge >= 0.3 is 5.82 Å². The topological polar surface area (TPSA) is 65.3 Å². The molecule has 1 heterocycles. The average molecular weight is 253 g/mol. The van der Waals surface area contributed by atoms with Gasteiger partial charge in [0, 0.05) is 5.56 Å². The van der Waals surface area contributed by atoms with Crippen molar-refractivity contribution in [3.05, 3.63) is 27.4 Å². The van der Waals surface area contributed by atoms with E-state index in [2.05, 4.69) is 9.72 Å². The number of ether oxygens (including phenoxy) is 1.